The van der Waals surface area contributed by atoms with Crippen molar-refractivity contribution in [3.63, 3.8) is 0 Å². The van der Waals surface area contributed by atoms with Gasteiger partial charge in [0, 0.05) is 48.9 Å². The zero-order chi connectivity index (χ0) is 13.7. The number of hydrogen-bond donors (Lipinski definition) is 1. The highest BCUT2D eigenvalue weighted by Crippen LogP contribution is 2.28. The van der Waals surface area contributed by atoms with E-state index in [9.17, 15) is 0 Å². The maximum absolute atomic E-state index is 5.99. The fraction of sp³-hybridized carbons (Fsp3) is 0.643. The fourth-order valence-corrected chi connectivity index (χ4v) is 3.68. The van der Waals surface area contributed by atoms with Crippen LogP contribution in [-0.4, -0.2) is 47.6 Å². The zero-order valence-corrected chi connectivity index (χ0v) is 12.5. The van der Waals surface area contributed by atoms with Crippen LogP contribution in [0.2, 0.25) is 0 Å². The Morgan fingerprint density at radius 3 is 3.00 bits per heavy atom. The molecule has 0 saturated carbocycles. The van der Waals surface area contributed by atoms with E-state index in [2.05, 4.69) is 34.6 Å². The normalized spacial score (nSPS) is 22.2. The Morgan fingerprint density at radius 1 is 1.58 bits per heavy atom. The highest BCUT2D eigenvalue weighted by molar-refractivity contribution is 8.00. The molecule has 19 heavy (non-hydrogen) atoms. The molecule has 1 aliphatic rings. The SMILES string of the molecule is CCC1CN(C(CN)c2ccc(OC)nc2)CCS1. The molecular formula is C14H23N3OS. The summed E-state index contributed by atoms with van der Waals surface area (Å²) in [5, 5.41) is 0.731. The van der Waals surface area contributed by atoms with E-state index in [1.807, 2.05) is 12.3 Å². The Labute approximate surface area is 119 Å². The lowest BCUT2D eigenvalue weighted by Gasteiger charge is -2.37. The van der Waals surface area contributed by atoms with Gasteiger partial charge in [0.05, 0.1) is 7.11 Å². The van der Waals surface area contributed by atoms with Gasteiger partial charge >= 0.3 is 0 Å². The summed E-state index contributed by atoms with van der Waals surface area (Å²) >= 11 is 2.08. The summed E-state index contributed by atoms with van der Waals surface area (Å²) in [6.45, 7) is 5.12. The molecule has 0 amide bonds. The predicted molar refractivity (Wildman–Crippen MR) is 80.7 cm³/mol. The molecule has 1 aromatic heterocycles. The van der Waals surface area contributed by atoms with Gasteiger partial charge in [-0.15, -0.1) is 0 Å². The summed E-state index contributed by atoms with van der Waals surface area (Å²) < 4.78 is 5.10. The van der Waals surface area contributed by atoms with E-state index in [0.29, 0.717) is 12.4 Å². The van der Waals surface area contributed by atoms with E-state index >= 15 is 0 Å². The lowest BCUT2D eigenvalue weighted by Crippen LogP contribution is -2.42. The van der Waals surface area contributed by atoms with Gasteiger partial charge in [0.25, 0.3) is 0 Å². The first-order chi connectivity index (χ1) is 9.28. The molecule has 1 saturated heterocycles. The Hall–Kier alpha value is -0.780. The number of thioether (sulfide) groups is 1. The van der Waals surface area contributed by atoms with Crippen LogP contribution in [0.5, 0.6) is 5.88 Å². The average Bonchev–Trinajstić information content (AvgIpc) is 2.49. The van der Waals surface area contributed by atoms with E-state index in [4.69, 9.17) is 10.5 Å². The maximum atomic E-state index is 5.99. The second kappa shape index (κ2) is 7.12. The van der Waals surface area contributed by atoms with Crippen molar-refractivity contribution < 1.29 is 4.74 Å². The maximum Gasteiger partial charge on any atom is 0.212 e. The highest BCUT2D eigenvalue weighted by Gasteiger charge is 2.25. The smallest absolute Gasteiger partial charge is 0.212 e. The molecule has 0 aliphatic carbocycles. The average molecular weight is 281 g/mol. The lowest BCUT2D eigenvalue weighted by molar-refractivity contribution is 0.207. The van der Waals surface area contributed by atoms with E-state index in [1.54, 1.807) is 7.11 Å². The van der Waals surface area contributed by atoms with Crippen molar-refractivity contribution in [1.29, 1.82) is 0 Å². The number of nitrogens with two attached hydrogens (primary N) is 1. The minimum absolute atomic E-state index is 0.272. The van der Waals surface area contributed by atoms with Gasteiger partial charge in [-0.2, -0.15) is 11.8 Å². The Morgan fingerprint density at radius 2 is 2.42 bits per heavy atom. The van der Waals surface area contributed by atoms with Gasteiger partial charge in [-0.25, -0.2) is 4.98 Å². The molecule has 2 heterocycles. The number of methoxy groups -OCH3 is 1. The third kappa shape index (κ3) is 3.61. The Bertz CT molecular complexity index is 385. The van der Waals surface area contributed by atoms with Gasteiger partial charge in [-0.05, 0) is 12.0 Å². The number of ether oxygens (including phenoxy) is 1. The van der Waals surface area contributed by atoms with Crippen molar-refractivity contribution in [2.24, 2.45) is 5.73 Å². The first-order valence-electron chi connectivity index (χ1n) is 6.84. The summed E-state index contributed by atoms with van der Waals surface area (Å²) in [7, 11) is 1.64. The third-order valence-electron chi connectivity index (χ3n) is 3.64. The highest BCUT2D eigenvalue weighted by atomic mass is 32.2. The molecule has 2 unspecified atom stereocenters. The molecule has 2 rings (SSSR count). The standard InChI is InChI=1S/C14H23N3OS/c1-3-12-10-17(6-7-19-12)13(8-15)11-4-5-14(18-2)16-9-11/h4-5,9,12-13H,3,6-8,10,15H2,1-2H3. The topological polar surface area (TPSA) is 51.4 Å². The molecule has 0 spiro atoms. The van der Waals surface area contributed by atoms with Crippen LogP contribution >= 0.6 is 11.8 Å². The van der Waals surface area contributed by atoms with Gasteiger partial charge in [-0.3, -0.25) is 4.90 Å². The number of hydrogen-bond acceptors (Lipinski definition) is 5. The molecule has 106 valence electrons. The van der Waals surface area contributed by atoms with Gasteiger partial charge in [0.15, 0.2) is 0 Å². The zero-order valence-electron chi connectivity index (χ0n) is 11.7. The van der Waals surface area contributed by atoms with Crippen molar-refractivity contribution in [3.8, 4) is 5.88 Å². The van der Waals surface area contributed by atoms with Gasteiger partial charge in [0.2, 0.25) is 5.88 Å². The second-order valence-corrected chi connectivity index (χ2v) is 6.19. The summed E-state index contributed by atoms with van der Waals surface area (Å²) in [6, 6.07) is 4.26. The van der Waals surface area contributed by atoms with Crippen molar-refractivity contribution in [2.45, 2.75) is 24.6 Å². The van der Waals surface area contributed by atoms with Gasteiger partial charge in [0.1, 0.15) is 0 Å². The number of aromatic nitrogens is 1. The summed E-state index contributed by atoms with van der Waals surface area (Å²) in [5.41, 5.74) is 7.17. The number of pyridine rings is 1. The predicted octanol–water partition coefficient (Wildman–Crippen LogP) is 1.92. The second-order valence-electron chi connectivity index (χ2n) is 4.78. The largest absolute Gasteiger partial charge is 0.481 e. The van der Waals surface area contributed by atoms with Crippen LogP contribution in [0.25, 0.3) is 0 Å². The van der Waals surface area contributed by atoms with E-state index in [1.165, 1.54) is 17.7 Å². The monoisotopic (exact) mass is 281 g/mol. The van der Waals surface area contributed by atoms with Crippen molar-refractivity contribution in [3.05, 3.63) is 23.9 Å². The van der Waals surface area contributed by atoms with Crippen LogP contribution in [0.1, 0.15) is 24.9 Å². The molecule has 2 N–H and O–H groups in total. The van der Waals surface area contributed by atoms with Crippen LogP contribution in [0.15, 0.2) is 18.3 Å². The number of rotatable bonds is 5. The van der Waals surface area contributed by atoms with E-state index in [-0.39, 0.29) is 6.04 Å². The lowest BCUT2D eigenvalue weighted by atomic mass is 10.1. The molecule has 1 fully saturated rings. The van der Waals surface area contributed by atoms with Crippen LogP contribution in [0, 0.1) is 0 Å². The quantitative estimate of drug-likeness (QED) is 0.893. The minimum atomic E-state index is 0.272. The molecule has 0 aromatic carbocycles. The van der Waals surface area contributed by atoms with Gasteiger partial charge < -0.3 is 10.5 Å². The Kier molecular flexibility index (Phi) is 5.48. The van der Waals surface area contributed by atoms with Crippen LogP contribution in [-0.2, 0) is 0 Å². The fourth-order valence-electron chi connectivity index (χ4n) is 2.48. The molecule has 2 atom stereocenters. The summed E-state index contributed by atoms with van der Waals surface area (Å²) in [6.07, 6.45) is 3.11. The summed E-state index contributed by atoms with van der Waals surface area (Å²) in [5.74, 6) is 1.85. The van der Waals surface area contributed by atoms with E-state index in [0.717, 1.165) is 18.3 Å². The van der Waals surface area contributed by atoms with Crippen molar-refractivity contribution >= 4 is 11.8 Å². The molecule has 4 nitrogen and oxygen atoms in total. The molecule has 0 radical (unpaired) electrons. The first kappa shape index (κ1) is 14.6. The van der Waals surface area contributed by atoms with E-state index < -0.39 is 0 Å². The molecule has 0 bridgehead atoms. The molecule has 1 aliphatic heterocycles. The first-order valence-corrected chi connectivity index (χ1v) is 7.89. The minimum Gasteiger partial charge on any atom is -0.481 e. The molecular weight excluding hydrogens is 258 g/mol. The Balaban J connectivity index is 2.09. The van der Waals surface area contributed by atoms with Crippen LogP contribution in [0.3, 0.4) is 0 Å². The molecule has 5 heteroatoms. The van der Waals surface area contributed by atoms with Crippen molar-refractivity contribution in [2.75, 3.05) is 32.5 Å². The molecule has 1 aromatic rings. The third-order valence-corrected chi connectivity index (χ3v) is 5.01. The van der Waals surface area contributed by atoms with Crippen LogP contribution < -0.4 is 10.5 Å². The van der Waals surface area contributed by atoms with Crippen molar-refractivity contribution in [1.82, 2.24) is 9.88 Å². The summed E-state index contributed by atoms with van der Waals surface area (Å²) in [4.78, 5) is 6.78. The number of nitrogens with zero attached hydrogens (tertiary/aromatic N) is 2. The van der Waals surface area contributed by atoms with Crippen LogP contribution in [0.4, 0.5) is 0 Å². The van der Waals surface area contributed by atoms with Gasteiger partial charge in [-0.1, -0.05) is 13.0 Å².